The molecule has 0 spiro atoms. The summed E-state index contributed by atoms with van der Waals surface area (Å²) >= 11 is 1.80. The summed E-state index contributed by atoms with van der Waals surface area (Å²) in [5.41, 5.74) is 7.84. The number of hydrogen-bond acceptors (Lipinski definition) is 3. The zero-order valence-electron chi connectivity index (χ0n) is 19.1. The zero-order valence-corrected chi connectivity index (χ0v) is 22.3. The normalized spacial score (nSPS) is 11.8. The van der Waals surface area contributed by atoms with Crippen LogP contribution in [0.25, 0.3) is 64.6 Å². The van der Waals surface area contributed by atoms with Crippen molar-refractivity contribution in [1.82, 2.24) is 24.0 Å². The van der Waals surface area contributed by atoms with E-state index in [4.69, 9.17) is 0 Å². The Bertz CT molecular complexity index is 2040. The maximum atomic E-state index is 4.53. The summed E-state index contributed by atoms with van der Waals surface area (Å²) in [6.07, 6.45) is 4.98. The molecule has 0 aliphatic rings. The number of benzene rings is 3. The molecule has 5 nitrogen and oxygen atoms in total. The fourth-order valence-electron chi connectivity index (χ4n) is 5.38. The van der Waals surface area contributed by atoms with E-state index >= 15 is 0 Å². The molecule has 0 atom stereocenters. The zero-order chi connectivity index (χ0) is 23.1. The van der Waals surface area contributed by atoms with E-state index in [0.29, 0.717) is 0 Å². The van der Waals surface area contributed by atoms with E-state index < -0.39 is 0 Å². The van der Waals surface area contributed by atoms with Gasteiger partial charge in [-0.3, -0.25) is 4.52 Å². The Kier molecular flexibility index (Phi) is 4.70. The van der Waals surface area contributed by atoms with Crippen LogP contribution in [0.3, 0.4) is 0 Å². The van der Waals surface area contributed by atoms with Crippen LogP contribution in [0.2, 0.25) is 0 Å². The first-order valence-corrected chi connectivity index (χ1v) is 12.3. The number of para-hydroxylation sites is 2. The molecule has 175 valence electrons. The van der Waals surface area contributed by atoms with Crippen molar-refractivity contribution >= 4 is 59.8 Å². The minimum Gasteiger partial charge on any atom is -0.362 e. The smallest absolute Gasteiger partial charge is 0.0797 e. The molecule has 8 aromatic rings. The van der Waals surface area contributed by atoms with Crippen molar-refractivity contribution < 1.29 is 20.1 Å². The summed E-state index contributed by atoms with van der Waals surface area (Å²) in [7, 11) is 1.97. The van der Waals surface area contributed by atoms with Crippen LogP contribution >= 0.6 is 11.3 Å². The van der Waals surface area contributed by atoms with Gasteiger partial charge in [0, 0.05) is 59.4 Å². The third kappa shape index (κ3) is 2.85. The molecule has 0 unspecified atom stereocenters. The number of pyridine rings is 1. The molecule has 0 aliphatic heterocycles. The molecular formula is C29H18IrN5S-. The third-order valence-corrected chi connectivity index (χ3v) is 8.10. The van der Waals surface area contributed by atoms with Gasteiger partial charge in [-0.25, -0.2) is 0 Å². The van der Waals surface area contributed by atoms with E-state index in [-0.39, 0.29) is 20.1 Å². The number of rotatable bonds is 2. The molecule has 7 heteroatoms. The van der Waals surface area contributed by atoms with Crippen LogP contribution < -0.4 is 0 Å². The van der Waals surface area contributed by atoms with Gasteiger partial charge in [0.2, 0.25) is 0 Å². The molecule has 3 aromatic carbocycles. The molecule has 1 radical (unpaired) electrons. The van der Waals surface area contributed by atoms with E-state index in [0.717, 1.165) is 22.2 Å². The first kappa shape index (κ1) is 21.5. The first-order valence-electron chi connectivity index (χ1n) is 11.5. The second-order valence-electron chi connectivity index (χ2n) is 8.83. The quantitative estimate of drug-likeness (QED) is 0.188. The third-order valence-electron chi connectivity index (χ3n) is 6.90. The fourth-order valence-corrected chi connectivity index (χ4v) is 6.55. The van der Waals surface area contributed by atoms with Crippen molar-refractivity contribution in [3.05, 3.63) is 97.3 Å². The molecule has 0 bridgehead atoms. The van der Waals surface area contributed by atoms with Crippen molar-refractivity contribution in [2.45, 2.75) is 0 Å². The number of aromatic nitrogens is 5. The number of aryl methyl sites for hydroxylation is 1. The van der Waals surface area contributed by atoms with Crippen LogP contribution in [0.4, 0.5) is 0 Å². The minimum atomic E-state index is 0. The van der Waals surface area contributed by atoms with Gasteiger partial charge in [0.05, 0.1) is 16.6 Å². The van der Waals surface area contributed by atoms with Crippen molar-refractivity contribution in [2.75, 3.05) is 0 Å². The monoisotopic (exact) mass is 661 g/mol. The Morgan fingerprint density at radius 1 is 0.778 bits per heavy atom. The molecule has 36 heavy (non-hydrogen) atoms. The van der Waals surface area contributed by atoms with Gasteiger partial charge in [0.15, 0.2) is 0 Å². The molecule has 0 fully saturated rings. The fraction of sp³-hybridized carbons (Fsp3) is 0.0345. The van der Waals surface area contributed by atoms with Crippen molar-refractivity contribution in [3.8, 4) is 16.1 Å². The predicted octanol–water partition coefficient (Wildman–Crippen LogP) is 7.00. The van der Waals surface area contributed by atoms with E-state index in [1.807, 2.05) is 22.4 Å². The molecule has 5 heterocycles. The topological polar surface area (TPSA) is 40.0 Å². The van der Waals surface area contributed by atoms with Gasteiger partial charge < -0.3 is 14.3 Å². The van der Waals surface area contributed by atoms with Gasteiger partial charge in [0.25, 0.3) is 0 Å². The molecule has 0 amide bonds. The van der Waals surface area contributed by atoms with Gasteiger partial charge in [-0.2, -0.15) is 5.10 Å². The van der Waals surface area contributed by atoms with Gasteiger partial charge >= 0.3 is 0 Å². The van der Waals surface area contributed by atoms with E-state index in [9.17, 15) is 0 Å². The molecule has 0 N–H and O–H groups in total. The predicted molar refractivity (Wildman–Crippen MR) is 143 cm³/mol. The average Bonchev–Trinajstić information content (AvgIpc) is 3.67. The van der Waals surface area contributed by atoms with E-state index in [1.54, 1.807) is 11.3 Å². The Hall–Kier alpha value is -3.77. The number of fused-ring (bicyclic) bond motifs is 9. The number of hydrogen-bond donors (Lipinski definition) is 0. The summed E-state index contributed by atoms with van der Waals surface area (Å²) in [6, 6.07) is 30.5. The van der Waals surface area contributed by atoms with Crippen molar-refractivity contribution in [1.29, 1.82) is 0 Å². The van der Waals surface area contributed by atoms with Crippen LogP contribution in [-0.2, 0) is 27.2 Å². The van der Waals surface area contributed by atoms with Gasteiger partial charge in [-0.1, -0.05) is 77.2 Å². The summed E-state index contributed by atoms with van der Waals surface area (Å²) in [5, 5.41) is 12.7. The first-order chi connectivity index (χ1) is 17.3. The second kappa shape index (κ2) is 7.87. The maximum absolute atomic E-state index is 4.53. The number of thiophene rings is 1. The van der Waals surface area contributed by atoms with Crippen LogP contribution in [0.5, 0.6) is 0 Å². The maximum Gasteiger partial charge on any atom is 0.0797 e. The molecular weight excluding hydrogens is 643 g/mol. The largest absolute Gasteiger partial charge is 0.362 e. The Balaban J connectivity index is 0.00000220. The Labute approximate surface area is 223 Å². The van der Waals surface area contributed by atoms with E-state index in [1.165, 1.54) is 42.3 Å². The van der Waals surface area contributed by atoms with Gasteiger partial charge in [0.1, 0.15) is 0 Å². The number of nitrogens with zero attached hydrogens (tertiary/aromatic N) is 5. The summed E-state index contributed by atoms with van der Waals surface area (Å²) < 4.78 is 7.41. The van der Waals surface area contributed by atoms with Crippen LogP contribution in [0.15, 0.2) is 91.1 Å². The Morgan fingerprint density at radius 2 is 1.53 bits per heavy atom. The summed E-state index contributed by atoms with van der Waals surface area (Å²) in [5.74, 6) is 0. The van der Waals surface area contributed by atoms with Gasteiger partial charge in [-0.05, 0) is 35.9 Å². The standard InChI is InChI=1S/C29H18N5S.Ir/c1-32-28-22-16-27(35-29(22)25-13-14-30-34(25)26(28)17-31-32)18-7-6-8-19(15-18)33-23-11-4-2-9-20(23)21-10-3-5-12-24(21)33;/h2-16H,1H3;/q-1;. The van der Waals surface area contributed by atoms with Crippen LogP contribution in [0.1, 0.15) is 0 Å². The molecule has 5 aromatic heterocycles. The average molecular weight is 661 g/mol. The van der Waals surface area contributed by atoms with Crippen molar-refractivity contribution in [2.24, 2.45) is 7.05 Å². The Morgan fingerprint density at radius 3 is 2.31 bits per heavy atom. The van der Waals surface area contributed by atoms with Gasteiger partial charge in [-0.15, -0.1) is 11.3 Å². The molecule has 0 aliphatic carbocycles. The summed E-state index contributed by atoms with van der Waals surface area (Å²) in [6.45, 7) is 0. The SMILES string of the molecule is Cn1n[c-]c2c1c1cc(-c3cccc(-n4c5ccccc5c5ccccc54)c3)sc1c1ccnn21.[Ir]. The van der Waals surface area contributed by atoms with Crippen LogP contribution in [0, 0.1) is 6.20 Å². The van der Waals surface area contributed by atoms with Crippen LogP contribution in [-0.4, -0.2) is 24.0 Å². The van der Waals surface area contributed by atoms with E-state index in [2.05, 4.69) is 106 Å². The molecule has 0 saturated carbocycles. The molecule has 8 rings (SSSR count). The second-order valence-corrected chi connectivity index (χ2v) is 9.89. The minimum absolute atomic E-state index is 0. The molecule has 0 saturated heterocycles. The van der Waals surface area contributed by atoms with Crippen molar-refractivity contribution in [3.63, 3.8) is 0 Å². The summed E-state index contributed by atoms with van der Waals surface area (Å²) in [4.78, 5) is 1.22.